The summed E-state index contributed by atoms with van der Waals surface area (Å²) in [5, 5.41) is 1.30. The van der Waals surface area contributed by atoms with Crippen molar-refractivity contribution in [2.24, 2.45) is 5.92 Å². The summed E-state index contributed by atoms with van der Waals surface area (Å²) >= 11 is 12.1. The minimum Gasteiger partial charge on any atom is -0.351 e. The van der Waals surface area contributed by atoms with Gasteiger partial charge in [-0.25, -0.2) is 13.2 Å². The van der Waals surface area contributed by atoms with Gasteiger partial charge in [-0.3, -0.25) is 4.90 Å². The molecule has 0 spiro atoms. The highest BCUT2D eigenvalue weighted by atomic mass is 35.5. The molecule has 6 nitrogen and oxygen atoms in total. The first kappa shape index (κ1) is 23.7. The van der Waals surface area contributed by atoms with Crippen LogP contribution in [0.15, 0.2) is 78.9 Å². The lowest BCUT2D eigenvalue weighted by Gasteiger charge is -2.44. The average molecular weight is 505 g/mol. The fourth-order valence-electron chi connectivity index (χ4n) is 3.91. The van der Waals surface area contributed by atoms with Crippen LogP contribution < -0.4 is 4.89 Å². The van der Waals surface area contributed by atoms with Gasteiger partial charge in [0, 0.05) is 23.1 Å². The topological polar surface area (TPSA) is 75.7 Å². The number of hydrogen-bond donors (Lipinski definition) is 1. The van der Waals surface area contributed by atoms with Gasteiger partial charge in [0.2, 0.25) is 10.0 Å². The summed E-state index contributed by atoms with van der Waals surface area (Å²) in [6.45, 7) is 1.15. The molecule has 1 N–H and O–H groups in total. The van der Waals surface area contributed by atoms with Crippen molar-refractivity contribution in [2.45, 2.75) is 6.04 Å². The molecule has 1 fully saturated rings. The molecule has 3 aromatic rings. The number of rotatable bonds is 8. The number of nitrogens with zero attached hydrogens (tertiary/aromatic N) is 1. The molecule has 33 heavy (non-hydrogen) atoms. The molecular weight excluding hydrogens is 483 g/mol. The molecule has 0 saturated carbocycles. The Hall–Kier alpha value is -2.42. The van der Waals surface area contributed by atoms with Gasteiger partial charge in [-0.1, -0.05) is 65.7 Å². The molecule has 1 aliphatic heterocycles. The maximum Gasteiger partial charge on any atom is 0.357 e. The monoisotopic (exact) mass is 504 g/mol. The Morgan fingerprint density at radius 3 is 1.94 bits per heavy atom. The van der Waals surface area contributed by atoms with Crippen LogP contribution in [-0.4, -0.2) is 38.1 Å². The third kappa shape index (κ3) is 6.13. The van der Waals surface area contributed by atoms with Crippen LogP contribution in [-0.2, 0) is 14.9 Å². The van der Waals surface area contributed by atoms with E-state index in [2.05, 4.69) is 4.90 Å². The minimum absolute atomic E-state index is 0.0534. The smallest absolute Gasteiger partial charge is 0.351 e. The summed E-state index contributed by atoms with van der Waals surface area (Å²) in [7, 11) is -3.79. The van der Waals surface area contributed by atoms with Gasteiger partial charge in [0.15, 0.2) is 0 Å². The molecule has 9 heteroatoms. The maximum atomic E-state index is 12.4. The lowest BCUT2D eigenvalue weighted by Crippen LogP contribution is -2.52. The van der Waals surface area contributed by atoms with Gasteiger partial charge >= 0.3 is 5.97 Å². The zero-order valence-electron chi connectivity index (χ0n) is 17.5. The van der Waals surface area contributed by atoms with E-state index in [1.807, 2.05) is 53.4 Å². The highest BCUT2D eigenvalue weighted by Crippen LogP contribution is 2.35. The Labute approximate surface area is 203 Å². The average Bonchev–Trinajstić information content (AvgIpc) is 2.79. The lowest BCUT2D eigenvalue weighted by atomic mass is 9.91. The fraction of sp³-hybridized carbons (Fsp3) is 0.208. The van der Waals surface area contributed by atoms with E-state index in [1.54, 1.807) is 30.3 Å². The number of hydrogen-bond acceptors (Lipinski definition) is 5. The second kappa shape index (κ2) is 10.2. The highest BCUT2D eigenvalue weighted by molar-refractivity contribution is 7.89. The third-order valence-corrected chi connectivity index (χ3v) is 7.20. The van der Waals surface area contributed by atoms with E-state index < -0.39 is 16.0 Å². The van der Waals surface area contributed by atoms with E-state index in [9.17, 15) is 13.2 Å². The van der Waals surface area contributed by atoms with Crippen molar-refractivity contribution in [3.63, 3.8) is 0 Å². The summed E-state index contributed by atoms with van der Waals surface area (Å²) in [5.74, 6) is -0.987. The number of benzene rings is 3. The largest absolute Gasteiger partial charge is 0.357 e. The quantitative estimate of drug-likeness (QED) is 0.449. The second-order valence-corrected chi connectivity index (χ2v) is 10.5. The van der Waals surface area contributed by atoms with Crippen molar-refractivity contribution in [1.82, 2.24) is 9.79 Å². The van der Waals surface area contributed by atoms with E-state index >= 15 is 0 Å². The van der Waals surface area contributed by atoms with E-state index in [4.69, 9.17) is 28.0 Å². The Balaban J connectivity index is 1.38. The van der Waals surface area contributed by atoms with Crippen molar-refractivity contribution in [1.29, 1.82) is 0 Å². The van der Waals surface area contributed by atoms with Gasteiger partial charge in [0.05, 0.1) is 17.4 Å². The molecular formula is C24H22Cl2N2O4S. The Bertz CT molecular complexity index is 1150. The summed E-state index contributed by atoms with van der Waals surface area (Å²) in [6.07, 6.45) is 0. The molecule has 3 aromatic carbocycles. The Morgan fingerprint density at radius 2 is 1.42 bits per heavy atom. The van der Waals surface area contributed by atoms with Crippen LogP contribution in [0.25, 0.3) is 0 Å². The number of sulfonamides is 1. The first-order valence-electron chi connectivity index (χ1n) is 10.3. The SMILES string of the molecule is O=C(ONS(=O)(=O)CC1CN(C(c2ccc(Cl)cc2)c2ccc(Cl)cc2)C1)c1ccccc1. The summed E-state index contributed by atoms with van der Waals surface area (Å²) < 4.78 is 24.8. The predicted octanol–water partition coefficient (Wildman–Crippen LogP) is 4.71. The van der Waals surface area contributed by atoms with Gasteiger partial charge in [-0.15, -0.1) is 0 Å². The van der Waals surface area contributed by atoms with E-state index in [0.717, 1.165) is 11.1 Å². The van der Waals surface area contributed by atoms with Gasteiger partial charge < -0.3 is 4.84 Å². The summed E-state index contributed by atoms with van der Waals surface area (Å²) in [5.41, 5.74) is 2.37. The summed E-state index contributed by atoms with van der Waals surface area (Å²) in [4.78, 5) is 20.9. The minimum atomic E-state index is -3.79. The van der Waals surface area contributed by atoms with Crippen LogP contribution >= 0.6 is 23.2 Å². The molecule has 0 aromatic heterocycles. The normalized spacial score (nSPS) is 14.8. The van der Waals surface area contributed by atoms with Crippen LogP contribution in [0.1, 0.15) is 27.5 Å². The van der Waals surface area contributed by atoms with Crippen molar-refractivity contribution >= 4 is 39.2 Å². The fourth-order valence-corrected chi connectivity index (χ4v) is 5.26. The van der Waals surface area contributed by atoms with Gasteiger partial charge in [0.25, 0.3) is 0 Å². The molecule has 0 unspecified atom stereocenters. The van der Waals surface area contributed by atoms with Crippen molar-refractivity contribution < 1.29 is 18.0 Å². The van der Waals surface area contributed by atoms with Crippen LogP contribution in [0.3, 0.4) is 0 Å². The van der Waals surface area contributed by atoms with E-state index in [-0.39, 0.29) is 23.3 Å². The van der Waals surface area contributed by atoms with Crippen LogP contribution in [0, 0.1) is 5.92 Å². The number of likely N-dealkylation sites (tertiary alicyclic amines) is 1. The molecule has 1 heterocycles. The summed E-state index contributed by atoms with van der Waals surface area (Å²) in [6, 6.07) is 23.4. The zero-order valence-corrected chi connectivity index (χ0v) is 19.9. The molecule has 0 amide bonds. The molecule has 172 valence electrons. The van der Waals surface area contributed by atoms with E-state index in [0.29, 0.717) is 23.1 Å². The van der Waals surface area contributed by atoms with Gasteiger partial charge in [-0.05, 0) is 58.3 Å². The first-order chi connectivity index (χ1) is 15.8. The molecule has 0 atom stereocenters. The van der Waals surface area contributed by atoms with Crippen LogP contribution in [0.2, 0.25) is 10.0 Å². The van der Waals surface area contributed by atoms with Crippen LogP contribution in [0.4, 0.5) is 0 Å². The Kier molecular flexibility index (Phi) is 7.36. The van der Waals surface area contributed by atoms with Gasteiger partial charge in [-0.2, -0.15) is 0 Å². The second-order valence-electron chi connectivity index (χ2n) is 7.95. The van der Waals surface area contributed by atoms with Crippen molar-refractivity contribution in [3.8, 4) is 0 Å². The number of nitrogens with one attached hydrogen (secondary N) is 1. The number of carbonyl (C=O) groups is 1. The van der Waals surface area contributed by atoms with Crippen molar-refractivity contribution in [2.75, 3.05) is 18.8 Å². The number of halogens is 2. The molecule has 0 aliphatic carbocycles. The van der Waals surface area contributed by atoms with Crippen molar-refractivity contribution in [3.05, 3.63) is 106 Å². The van der Waals surface area contributed by atoms with Gasteiger partial charge in [0.1, 0.15) is 0 Å². The third-order valence-electron chi connectivity index (χ3n) is 5.45. The first-order valence-corrected chi connectivity index (χ1v) is 12.7. The molecule has 1 saturated heterocycles. The Morgan fingerprint density at radius 1 is 0.909 bits per heavy atom. The molecule has 0 bridgehead atoms. The molecule has 4 rings (SSSR count). The molecule has 0 radical (unpaired) electrons. The van der Waals surface area contributed by atoms with Crippen LogP contribution in [0.5, 0.6) is 0 Å². The number of carbonyl (C=O) groups excluding carboxylic acids is 1. The maximum absolute atomic E-state index is 12.4. The highest BCUT2D eigenvalue weighted by Gasteiger charge is 2.36. The standard InChI is InChI=1S/C24H22Cl2N2O4S/c25-21-10-6-18(7-11-21)23(19-8-12-22(26)13-9-19)28-14-17(15-28)16-33(30,31)27-32-24(29)20-4-2-1-3-5-20/h1-13,17,23,27H,14-16H2. The molecule has 1 aliphatic rings. The predicted molar refractivity (Wildman–Crippen MR) is 129 cm³/mol. The lowest BCUT2D eigenvalue weighted by molar-refractivity contribution is 0.0400. The zero-order chi connectivity index (χ0) is 23.4. The van der Waals surface area contributed by atoms with E-state index in [1.165, 1.54) is 0 Å².